The van der Waals surface area contributed by atoms with Crippen LogP contribution >= 0.6 is 22.6 Å². The third kappa shape index (κ3) is 3.69. The van der Waals surface area contributed by atoms with E-state index in [1.807, 2.05) is 22.8 Å². The molecular weight excluding hydrogens is 393 g/mol. The lowest BCUT2D eigenvalue weighted by Gasteiger charge is -2.13. The van der Waals surface area contributed by atoms with Crippen molar-refractivity contribution in [2.24, 2.45) is 0 Å². The molecule has 0 bridgehead atoms. The summed E-state index contributed by atoms with van der Waals surface area (Å²) in [7, 11) is 0. The third-order valence-electron chi connectivity index (χ3n) is 3.54. The van der Waals surface area contributed by atoms with E-state index < -0.39 is 5.97 Å². The summed E-state index contributed by atoms with van der Waals surface area (Å²) in [4.78, 5) is 24.6. The van der Waals surface area contributed by atoms with Crippen molar-refractivity contribution < 1.29 is 9.53 Å². The van der Waals surface area contributed by atoms with Gasteiger partial charge in [-0.2, -0.15) is 0 Å². The molecule has 0 aliphatic rings. The Morgan fingerprint density at radius 2 is 2.05 bits per heavy atom. The van der Waals surface area contributed by atoms with Crippen LogP contribution in [0, 0.1) is 3.57 Å². The maximum Gasteiger partial charge on any atom is 0.343 e. The Morgan fingerprint density at radius 3 is 2.73 bits per heavy atom. The average Bonchev–Trinajstić information content (AvgIpc) is 2.50. The van der Waals surface area contributed by atoms with Crippen molar-refractivity contribution in [1.82, 2.24) is 4.57 Å². The van der Waals surface area contributed by atoms with Crippen molar-refractivity contribution in [3.63, 3.8) is 0 Å². The zero-order valence-corrected chi connectivity index (χ0v) is 15.1. The van der Waals surface area contributed by atoms with E-state index in [9.17, 15) is 9.59 Å². The van der Waals surface area contributed by atoms with Crippen LogP contribution in [0.2, 0.25) is 0 Å². The zero-order valence-electron chi connectivity index (χ0n) is 12.9. The van der Waals surface area contributed by atoms with Gasteiger partial charge in [0.05, 0.1) is 12.1 Å². The highest BCUT2D eigenvalue weighted by Gasteiger charge is 2.16. The number of carbonyl (C=O) groups is 1. The Hall–Kier alpha value is -1.37. The first kappa shape index (κ1) is 17.0. The molecule has 1 heterocycles. The molecule has 0 aliphatic carbocycles. The maximum absolute atomic E-state index is 12.6. The molecule has 0 unspecified atom stereocenters. The molecule has 4 nitrogen and oxygen atoms in total. The summed E-state index contributed by atoms with van der Waals surface area (Å²) in [5.74, 6) is -0.544. The van der Waals surface area contributed by atoms with Crippen LogP contribution in [0.25, 0.3) is 10.9 Å². The third-order valence-corrected chi connectivity index (χ3v) is 4.21. The molecule has 0 fully saturated rings. The van der Waals surface area contributed by atoms with E-state index in [-0.39, 0.29) is 17.6 Å². The summed E-state index contributed by atoms with van der Waals surface area (Å²) in [5, 5.41) is 0.578. The van der Waals surface area contributed by atoms with Crippen molar-refractivity contribution >= 4 is 39.5 Å². The number of hydrogen-bond acceptors (Lipinski definition) is 3. The summed E-state index contributed by atoms with van der Waals surface area (Å²) in [6, 6.07) is 5.75. The summed E-state index contributed by atoms with van der Waals surface area (Å²) in [6.45, 7) is 4.94. The van der Waals surface area contributed by atoms with Gasteiger partial charge in [-0.25, -0.2) is 4.79 Å². The first-order valence-electron chi connectivity index (χ1n) is 7.58. The van der Waals surface area contributed by atoms with Gasteiger partial charge in [-0.15, -0.1) is 0 Å². The fourth-order valence-electron chi connectivity index (χ4n) is 2.44. The minimum absolute atomic E-state index is 0.118. The summed E-state index contributed by atoms with van der Waals surface area (Å²) in [5.41, 5.74) is 0.737. The van der Waals surface area contributed by atoms with Gasteiger partial charge in [-0.05, 0) is 54.1 Å². The second-order valence-corrected chi connectivity index (χ2v) is 6.40. The Kier molecular flexibility index (Phi) is 5.99. The second-order valence-electron chi connectivity index (χ2n) is 5.15. The Morgan fingerprint density at radius 1 is 1.27 bits per heavy atom. The highest BCUT2D eigenvalue weighted by molar-refractivity contribution is 14.1. The topological polar surface area (TPSA) is 48.3 Å². The predicted molar refractivity (Wildman–Crippen MR) is 96.4 cm³/mol. The monoisotopic (exact) mass is 413 g/mol. The number of aromatic nitrogens is 1. The number of nitrogens with zero attached hydrogens (tertiary/aromatic N) is 1. The number of halogens is 1. The first-order chi connectivity index (χ1) is 10.6. The number of carbonyl (C=O) groups excluding carboxylic acids is 1. The maximum atomic E-state index is 12.6. The SMILES string of the molecule is CCCCCn1cc(C(=O)OCC)c(=O)c2cc(I)ccc21. The van der Waals surface area contributed by atoms with Gasteiger partial charge in [0.15, 0.2) is 0 Å². The average molecular weight is 413 g/mol. The molecule has 2 aromatic rings. The molecule has 0 saturated heterocycles. The van der Waals surface area contributed by atoms with Crippen molar-refractivity contribution in [1.29, 1.82) is 0 Å². The quantitative estimate of drug-likeness (QED) is 0.409. The molecular formula is C17H20INO3. The molecule has 0 aliphatic heterocycles. The molecule has 0 atom stereocenters. The van der Waals surface area contributed by atoms with Crippen LogP contribution in [0.4, 0.5) is 0 Å². The normalized spacial score (nSPS) is 10.9. The lowest BCUT2D eigenvalue weighted by Crippen LogP contribution is -2.21. The molecule has 2 rings (SSSR count). The molecule has 0 spiro atoms. The van der Waals surface area contributed by atoms with Crippen molar-refractivity contribution in [3.8, 4) is 0 Å². The summed E-state index contributed by atoms with van der Waals surface area (Å²) >= 11 is 2.17. The van der Waals surface area contributed by atoms with Crippen LogP contribution in [0.5, 0.6) is 0 Å². The Bertz CT molecular complexity index is 736. The molecule has 118 valence electrons. The van der Waals surface area contributed by atoms with E-state index in [1.165, 1.54) is 0 Å². The van der Waals surface area contributed by atoms with Gasteiger partial charge in [-0.1, -0.05) is 19.8 Å². The minimum Gasteiger partial charge on any atom is -0.462 e. The molecule has 0 radical (unpaired) electrons. The molecule has 0 saturated carbocycles. The van der Waals surface area contributed by atoms with E-state index in [0.717, 1.165) is 34.9 Å². The van der Waals surface area contributed by atoms with Gasteiger partial charge in [0, 0.05) is 21.7 Å². The highest BCUT2D eigenvalue weighted by Crippen LogP contribution is 2.17. The molecule has 22 heavy (non-hydrogen) atoms. The minimum atomic E-state index is -0.544. The van der Waals surface area contributed by atoms with Gasteiger partial charge in [0.1, 0.15) is 5.56 Å². The number of aryl methyl sites for hydroxylation is 1. The Balaban J connectivity index is 2.58. The second kappa shape index (κ2) is 7.76. The van der Waals surface area contributed by atoms with Crippen LogP contribution in [-0.2, 0) is 11.3 Å². The van der Waals surface area contributed by atoms with Crippen LogP contribution in [0.1, 0.15) is 43.5 Å². The van der Waals surface area contributed by atoms with Gasteiger partial charge in [0.25, 0.3) is 0 Å². The van der Waals surface area contributed by atoms with Gasteiger partial charge in [0.2, 0.25) is 5.43 Å². The number of esters is 1. The number of unbranched alkanes of at least 4 members (excludes halogenated alkanes) is 2. The first-order valence-corrected chi connectivity index (χ1v) is 8.66. The van der Waals surface area contributed by atoms with Gasteiger partial charge >= 0.3 is 5.97 Å². The lowest BCUT2D eigenvalue weighted by molar-refractivity contribution is 0.0524. The highest BCUT2D eigenvalue weighted by atomic mass is 127. The predicted octanol–water partition coefficient (Wildman–Crippen LogP) is 3.97. The smallest absolute Gasteiger partial charge is 0.343 e. The standard InChI is InChI=1S/C17H20INO3/c1-3-5-6-9-19-11-14(17(21)22-4-2)16(20)13-10-12(18)7-8-15(13)19/h7-8,10-11H,3-6,9H2,1-2H3. The van der Waals surface area contributed by atoms with E-state index >= 15 is 0 Å². The van der Waals surface area contributed by atoms with Crippen molar-refractivity contribution in [3.05, 3.63) is 43.8 Å². The van der Waals surface area contributed by atoms with E-state index in [0.29, 0.717) is 5.39 Å². The van der Waals surface area contributed by atoms with Crippen molar-refractivity contribution in [2.75, 3.05) is 6.61 Å². The number of fused-ring (bicyclic) bond motifs is 1. The molecule has 0 amide bonds. The van der Waals surface area contributed by atoms with Gasteiger partial charge < -0.3 is 9.30 Å². The fourth-order valence-corrected chi connectivity index (χ4v) is 2.93. The Labute approximate surface area is 143 Å². The van der Waals surface area contributed by atoms with Crippen LogP contribution < -0.4 is 5.43 Å². The number of pyridine rings is 1. The summed E-state index contributed by atoms with van der Waals surface area (Å²) in [6.07, 6.45) is 4.90. The lowest BCUT2D eigenvalue weighted by atomic mass is 10.1. The van der Waals surface area contributed by atoms with Crippen molar-refractivity contribution in [2.45, 2.75) is 39.7 Å². The van der Waals surface area contributed by atoms with E-state index in [2.05, 4.69) is 29.5 Å². The van der Waals surface area contributed by atoms with E-state index in [1.54, 1.807) is 13.1 Å². The largest absolute Gasteiger partial charge is 0.462 e. The zero-order chi connectivity index (χ0) is 16.1. The van der Waals surface area contributed by atoms with Crippen LogP contribution in [0.3, 0.4) is 0 Å². The molecule has 1 aromatic carbocycles. The number of hydrogen-bond donors (Lipinski definition) is 0. The number of ether oxygens (including phenoxy) is 1. The van der Waals surface area contributed by atoms with Gasteiger partial charge in [-0.3, -0.25) is 4.79 Å². The summed E-state index contributed by atoms with van der Waals surface area (Å²) < 4.78 is 7.98. The molecule has 0 N–H and O–H groups in total. The fraction of sp³-hybridized carbons (Fsp3) is 0.412. The number of rotatable bonds is 6. The number of benzene rings is 1. The van der Waals surface area contributed by atoms with Crippen LogP contribution in [0.15, 0.2) is 29.2 Å². The molecule has 1 aromatic heterocycles. The van der Waals surface area contributed by atoms with E-state index in [4.69, 9.17) is 4.74 Å². The van der Waals surface area contributed by atoms with Crippen LogP contribution in [-0.4, -0.2) is 17.1 Å². The molecule has 5 heteroatoms.